The normalized spacial score (nSPS) is 10.9. The van der Waals surface area contributed by atoms with Crippen molar-refractivity contribution in [1.82, 2.24) is 14.0 Å². The van der Waals surface area contributed by atoms with E-state index in [2.05, 4.69) is 5.32 Å². The van der Waals surface area contributed by atoms with Gasteiger partial charge in [-0.15, -0.1) is 0 Å². The molecule has 5 aromatic rings. The van der Waals surface area contributed by atoms with Gasteiger partial charge in [-0.05, 0) is 79.7 Å². The van der Waals surface area contributed by atoms with Gasteiger partial charge >= 0.3 is 0 Å². The second kappa shape index (κ2) is 8.07. The van der Waals surface area contributed by atoms with Gasteiger partial charge in [0.15, 0.2) is 0 Å². The number of ether oxygens (including phenoxy) is 1. The Bertz CT molecular complexity index is 1380. The molecule has 158 valence electrons. The predicted molar refractivity (Wildman–Crippen MR) is 126 cm³/mol. The van der Waals surface area contributed by atoms with Crippen LogP contribution in [0.15, 0.2) is 91.4 Å². The minimum Gasteiger partial charge on any atom is -0.497 e. The van der Waals surface area contributed by atoms with Gasteiger partial charge in [0.25, 0.3) is 5.91 Å². The summed E-state index contributed by atoms with van der Waals surface area (Å²) in [6.45, 7) is 2.02. The Morgan fingerprint density at radius 2 is 1.66 bits per heavy atom. The number of anilines is 1. The molecular weight excluding hydrogens is 400 g/mol. The van der Waals surface area contributed by atoms with E-state index in [1.807, 2.05) is 107 Å². The van der Waals surface area contributed by atoms with Crippen molar-refractivity contribution in [2.24, 2.45) is 0 Å². The second-order valence-corrected chi connectivity index (χ2v) is 7.51. The van der Waals surface area contributed by atoms with Crippen molar-refractivity contribution in [3.63, 3.8) is 0 Å². The van der Waals surface area contributed by atoms with Crippen LogP contribution >= 0.6 is 0 Å². The Labute approximate surface area is 185 Å². The lowest BCUT2D eigenvalue weighted by Gasteiger charge is -2.08. The van der Waals surface area contributed by atoms with Gasteiger partial charge in [0.2, 0.25) is 0 Å². The van der Waals surface area contributed by atoms with Crippen LogP contribution in [0, 0.1) is 6.92 Å². The number of imidazole rings is 1. The number of nitrogens with one attached hydrogen (secondary N) is 1. The Morgan fingerprint density at radius 1 is 0.938 bits per heavy atom. The van der Waals surface area contributed by atoms with Gasteiger partial charge < -0.3 is 19.0 Å². The molecule has 0 saturated carbocycles. The van der Waals surface area contributed by atoms with E-state index >= 15 is 0 Å². The number of hydrogen-bond acceptors (Lipinski definition) is 3. The third-order valence-electron chi connectivity index (χ3n) is 5.51. The molecule has 2 aromatic carbocycles. The third kappa shape index (κ3) is 3.63. The van der Waals surface area contributed by atoms with Crippen LogP contribution in [0.3, 0.4) is 0 Å². The topological polar surface area (TPSA) is 60.6 Å². The Kier molecular flexibility index (Phi) is 4.95. The smallest absolute Gasteiger partial charge is 0.255 e. The lowest BCUT2D eigenvalue weighted by atomic mass is 10.1. The predicted octanol–water partition coefficient (Wildman–Crippen LogP) is 5.36. The van der Waals surface area contributed by atoms with Gasteiger partial charge in [0.1, 0.15) is 11.4 Å². The van der Waals surface area contributed by atoms with Crippen molar-refractivity contribution in [3.8, 4) is 22.7 Å². The fraction of sp³-hybridized carbons (Fsp3) is 0.0769. The average Bonchev–Trinajstić information content (AvgIpc) is 3.48. The van der Waals surface area contributed by atoms with E-state index in [4.69, 9.17) is 9.72 Å². The van der Waals surface area contributed by atoms with Crippen molar-refractivity contribution in [3.05, 3.63) is 103 Å². The SMILES string of the molecule is COc1ccc(-c2nc3ccc(NC(=O)c4ccc(-n5cccc5)cc4)cn3c2C)cc1. The molecule has 6 nitrogen and oxygen atoms in total. The molecule has 32 heavy (non-hydrogen) atoms. The number of benzene rings is 2. The molecule has 0 aliphatic heterocycles. The minimum atomic E-state index is -0.156. The molecular formula is C26H22N4O2. The minimum absolute atomic E-state index is 0.156. The highest BCUT2D eigenvalue weighted by molar-refractivity contribution is 6.04. The highest BCUT2D eigenvalue weighted by Gasteiger charge is 2.12. The zero-order chi connectivity index (χ0) is 22.1. The number of aromatic nitrogens is 3. The van der Waals surface area contributed by atoms with Gasteiger partial charge in [0.05, 0.1) is 18.5 Å². The molecule has 0 unspecified atom stereocenters. The molecule has 0 bridgehead atoms. The van der Waals surface area contributed by atoms with Crippen LogP contribution < -0.4 is 10.1 Å². The largest absolute Gasteiger partial charge is 0.497 e. The van der Waals surface area contributed by atoms with Crippen LogP contribution in [0.5, 0.6) is 5.75 Å². The number of amides is 1. The van der Waals surface area contributed by atoms with E-state index in [0.717, 1.165) is 34.0 Å². The summed E-state index contributed by atoms with van der Waals surface area (Å²) < 4.78 is 9.23. The first-order chi connectivity index (χ1) is 15.6. The summed E-state index contributed by atoms with van der Waals surface area (Å²) in [5.41, 5.74) is 6.05. The number of methoxy groups -OCH3 is 1. The maximum Gasteiger partial charge on any atom is 0.255 e. The van der Waals surface area contributed by atoms with Crippen molar-refractivity contribution in [2.75, 3.05) is 12.4 Å². The van der Waals surface area contributed by atoms with Crippen LogP contribution in [0.4, 0.5) is 5.69 Å². The van der Waals surface area contributed by atoms with Gasteiger partial charge in [-0.25, -0.2) is 4.98 Å². The zero-order valence-electron chi connectivity index (χ0n) is 17.8. The van der Waals surface area contributed by atoms with E-state index in [1.165, 1.54) is 0 Å². The standard InChI is InChI=1S/C26H22N4O2/c1-18-25(19-7-12-23(32-2)13-8-19)28-24-14-9-21(17-30(18)24)27-26(31)20-5-10-22(11-6-20)29-15-3-4-16-29/h3-17H,1-2H3,(H,27,31). The monoisotopic (exact) mass is 422 g/mol. The van der Waals surface area contributed by atoms with E-state index < -0.39 is 0 Å². The number of rotatable bonds is 5. The number of nitrogens with zero attached hydrogens (tertiary/aromatic N) is 3. The molecule has 0 aliphatic rings. The molecule has 0 aliphatic carbocycles. The number of pyridine rings is 1. The molecule has 0 saturated heterocycles. The van der Waals surface area contributed by atoms with E-state index in [9.17, 15) is 4.79 Å². The molecule has 0 fully saturated rings. The van der Waals surface area contributed by atoms with Gasteiger partial charge in [0, 0.05) is 41.1 Å². The van der Waals surface area contributed by atoms with Crippen LogP contribution in [0.1, 0.15) is 16.1 Å². The summed E-state index contributed by atoms with van der Waals surface area (Å²) in [6, 6.07) is 23.1. The zero-order valence-corrected chi connectivity index (χ0v) is 17.8. The Hall–Kier alpha value is -4.32. The van der Waals surface area contributed by atoms with Crippen molar-refractivity contribution in [2.45, 2.75) is 6.92 Å². The van der Waals surface area contributed by atoms with Crippen LogP contribution in [-0.2, 0) is 0 Å². The van der Waals surface area contributed by atoms with E-state index in [0.29, 0.717) is 11.3 Å². The van der Waals surface area contributed by atoms with Crippen LogP contribution in [-0.4, -0.2) is 27.0 Å². The van der Waals surface area contributed by atoms with E-state index in [1.54, 1.807) is 7.11 Å². The fourth-order valence-corrected chi connectivity index (χ4v) is 3.75. The third-order valence-corrected chi connectivity index (χ3v) is 5.51. The first kappa shape index (κ1) is 19.6. The highest BCUT2D eigenvalue weighted by Crippen LogP contribution is 2.27. The fourth-order valence-electron chi connectivity index (χ4n) is 3.75. The van der Waals surface area contributed by atoms with Gasteiger partial charge in [-0.3, -0.25) is 4.79 Å². The first-order valence-electron chi connectivity index (χ1n) is 10.3. The molecule has 1 amide bonds. The van der Waals surface area contributed by atoms with Crippen LogP contribution in [0.25, 0.3) is 22.6 Å². The summed E-state index contributed by atoms with van der Waals surface area (Å²) in [5, 5.41) is 2.99. The van der Waals surface area contributed by atoms with E-state index in [-0.39, 0.29) is 5.91 Å². The molecule has 3 aromatic heterocycles. The summed E-state index contributed by atoms with van der Waals surface area (Å²) >= 11 is 0. The maximum absolute atomic E-state index is 12.8. The molecule has 6 heteroatoms. The van der Waals surface area contributed by atoms with Gasteiger partial charge in [-0.2, -0.15) is 0 Å². The molecule has 0 spiro atoms. The quantitative estimate of drug-likeness (QED) is 0.415. The Morgan fingerprint density at radius 3 is 2.34 bits per heavy atom. The molecule has 0 radical (unpaired) electrons. The van der Waals surface area contributed by atoms with Crippen molar-refractivity contribution in [1.29, 1.82) is 0 Å². The molecule has 3 heterocycles. The summed E-state index contributed by atoms with van der Waals surface area (Å²) in [5.74, 6) is 0.651. The summed E-state index contributed by atoms with van der Waals surface area (Å²) in [4.78, 5) is 17.5. The summed E-state index contributed by atoms with van der Waals surface area (Å²) in [6.07, 6.45) is 5.84. The number of hydrogen-bond donors (Lipinski definition) is 1. The number of aryl methyl sites for hydroxylation is 1. The first-order valence-corrected chi connectivity index (χ1v) is 10.3. The Balaban J connectivity index is 1.38. The maximum atomic E-state index is 12.8. The second-order valence-electron chi connectivity index (χ2n) is 7.51. The molecule has 0 atom stereocenters. The molecule has 1 N–H and O–H groups in total. The van der Waals surface area contributed by atoms with Crippen LogP contribution in [0.2, 0.25) is 0 Å². The lowest BCUT2D eigenvalue weighted by molar-refractivity contribution is 0.102. The average molecular weight is 422 g/mol. The van der Waals surface area contributed by atoms with Gasteiger partial charge in [-0.1, -0.05) is 0 Å². The highest BCUT2D eigenvalue weighted by atomic mass is 16.5. The number of carbonyl (C=O) groups excluding carboxylic acids is 1. The van der Waals surface area contributed by atoms with Crippen molar-refractivity contribution >= 4 is 17.2 Å². The number of carbonyl (C=O) groups is 1. The van der Waals surface area contributed by atoms with Crippen molar-refractivity contribution < 1.29 is 9.53 Å². The molecule has 5 rings (SSSR count). The number of fused-ring (bicyclic) bond motifs is 1. The summed E-state index contributed by atoms with van der Waals surface area (Å²) in [7, 11) is 1.65. The lowest BCUT2D eigenvalue weighted by Crippen LogP contribution is -2.12.